The molecule has 0 saturated carbocycles. The average molecular weight is 269 g/mol. The third-order valence-corrected chi connectivity index (χ3v) is 3.20. The molecule has 1 saturated heterocycles. The van der Waals surface area contributed by atoms with Crippen LogP contribution >= 0.6 is 0 Å². The lowest BCUT2D eigenvalue weighted by Crippen LogP contribution is -2.45. The molecule has 0 aliphatic carbocycles. The van der Waals surface area contributed by atoms with Gasteiger partial charge in [-0.2, -0.15) is 5.10 Å². The van der Waals surface area contributed by atoms with Crippen LogP contribution in [0.15, 0.2) is 5.16 Å². The third kappa shape index (κ3) is 2.49. The van der Waals surface area contributed by atoms with Gasteiger partial charge in [0.15, 0.2) is 5.84 Å². The number of amidine groups is 1. The summed E-state index contributed by atoms with van der Waals surface area (Å²) in [4.78, 5) is 2.03. The smallest absolute Gasteiger partial charge is 0.175 e. The zero-order valence-electron chi connectivity index (χ0n) is 11.1. The highest BCUT2D eigenvalue weighted by molar-refractivity contribution is 6.02. The van der Waals surface area contributed by atoms with E-state index in [1.165, 1.54) is 0 Å². The monoisotopic (exact) mass is 269 g/mol. The summed E-state index contributed by atoms with van der Waals surface area (Å²) in [5, 5.41) is 25.4. The van der Waals surface area contributed by atoms with Crippen LogP contribution in [0.4, 0.5) is 5.82 Å². The first-order valence-electron chi connectivity index (χ1n) is 6.07. The number of nitrogens with zero attached hydrogens (tertiary/aromatic N) is 4. The first kappa shape index (κ1) is 13.6. The van der Waals surface area contributed by atoms with Gasteiger partial charge in [0.05, 0.1) is 30.6 Å². The fraction of sp³-hybridized carbons (Fsp3) is 0.636. The number of anilines is 1. The van der Waals surface area contributed by atoms with Crippen molar-refractivity contribution in [1.29, 1.82) is 0 Å². The molecule has 4 N–H and O–H groups in total. The largest absolute Gasteiger partial charge is 0.409 e. The number of nitrogens with two attached hydrogens (primary N) is 1. The summed E-state index contributed by atoms with van der Waals surface area (Å²) in [6.07, 6.45) is -0.232. The highest BCUT2D eigenvalue weighted by Crippen LogP contribution is 2.24. The van der Waals surface area contributed by atoms with E-state index in [4.69, 9.17) is 15.7 Å². The summed E-state index contributed by atoms with van der Waals surface area (Å²) in [5.74, 6) is 0.808. The van der Waals surface area contributed by atoms with Crippen LogP contribution in [-0.2, 0) is 11.8 Å². The van der Waals surface area contributed by atoms with E-state index in [-0.39, 0.29) is 18.5 Å². The SMILES string of the molecule is Cc1nn(C)c(N2CCOC(CO)C2)c1C(N)=NO. The molecule has 8 heteroatoms. The predicted octanol–water partition coefficient (Wildman–Crippen LogP) is -0.979. The van der Waals surface area contributed by atoms with Crippen LogP contribution in [0.5, 0.6) is 0 Å². The normalized spacial score (nSPS) is 20.9. The second-order valence-corrected chi connectivity index (χ2v) is 4.51. The zero-order chi connectivity index (χ0) is 14.0. The molecule has 1 atom stereocenters. The Balaban J connectivity index is 2.38. The summed E-state index contributed by atoms with van der Waals surface area (Å²) in [7, 11) is 1.81. The van der Waals surface area contributed by atoms with Crippen LogP contribution in [0.25, 0.3) is 0 Å². The molecule has 1 aliphatic heterocycles. The molecular weight excluding hydrogens is 250 g/mol. The molecule has 0 amide bonds. The highest BCUT2D eigenvalue weighted by Gasteiger charge is 2.27. The van der Waals surface area contributed by atoms with E-state index in [2.05, 4.69) is 10.3 Å². The number of aliphatic hydroxyl groups excluding tert-OH is 1. The second-order valence-electron chi connectivity index (χ2n) is 4.51. The number of hydrogen-bond acceptors (Lipinski definition) is 6. The molecular formula is C11H19N5O3. The number of morpholine rings is 1. The molecule has 2 heterocycles. The molecule has 1 unspecified atom stereocenters. The van der Waals surface area contributed by atoms with Crippen molar-refractivity contribution in [3.8, 4) is 0 Å². The molecule has 1 aromatic heterocycles. The van der Waals surface area contributed by atoms with Crippen molar-refractivity contribution in [3.05, 3.63) is 11.3 Å². The maximum atomic E-state index is 9.19. The lowest BCUT2D eigenvalue weighted by atomic mass is 10.2. The second kappa shape index (κ2) is 5.45. The van der Waals surface area contributed by atoms with E-state index in [0.717, 1.165) is 5.82 Å². The molecule has 1 fully saturated rings. The standard InChI is InChI=1S/C11H19N5O3/c1-7-9(10(12)14-18)11(15(2)13-7)16-3-4-19-8(5-16)6-17/h8,17-18H,3-6H2,1-2H3,(H2,12,14). The molecule has 1 aromatic rings. The Bertz CT molecular complexity index is 485. The Labute approximate surface area is 111 Å². The molecule has 2 rings (SSSR count). The number of aliphatic hydroxyl groups is 1. The van der Waals surface area contributed by atoms with E-state index in [1.807, 2.05) is 4.90 Å². The number of aryl methyl sites for hydroxylation is 2. The Kier molecular flexibility index (Phi) is 3.91. The van der Waals surface area contributed by atoms with E-state index in [0.29, 0.717) is 31.0 Å². The summed E-state index contributed by atoms with van der Waals surface area (Å²) < 4.78 is 7.12. The van der Waals surface area contributed by atoms with Crippen LogP contribution in [0.3, 0.4) is 0 Å². The van der Waals surface area contributed by atoms with Crippen molar-refractivity contribution in [2.24, 2.45) is 17.9 Å². The Morgan fingerprint density at radius 2 is 2.37 bits per heavy atom. The maximum absolute atomic E-state index is 9.19. The minimum absolute atomic E-state index is 0.0349. The van der Waals surface area contributed by atoms with Gasteiger partial charge < -0.3 is 25.7 Å². The van der Waals surface area contributed by atoms with Crippen LogP contribution in [0, 0.1) is 6.92 Å². The van der Waals surface area contributed by atoms with Gasteiger partial charge in [-0.05, 0) is 6.92 Å². The van der Waals surface area contributed by atoms with Crippen molar-refractivity contribution >= 4 is 11.7 Å². The van der Waals surface area contributed by atoms with Gasteiger partial charge in [-0.15, -0.1) is 0 Å². The zero-order valence-corrected chi connectivity index (χ0v) is 11.1. The summed E-state index contributed by atoms with van der Waals surface area (Å²) in [5.41, 5.74) is 7.03. The first-order chi connectivity index (χ1) is 9.08. The molecule has 8 nitrogen and oxygen atoms in total. The number of rotatable bonds is 3. The van der Waals surface area contributed by atoms with Gasteiger partial charge in [0.25, 0.3) is 0 Å². The lowest BCUT2D eigenvalue weighted by Gasteiger charge is -2.34. The summed E-state index contributed by atoms with van der Waals surface area (Å²) in [6.45, 7) is 3.50. The Hall–Kier alpha value is -1.80. The van der Waals surface area contributed by atoms with Crippen LogP contribution in [0.1, 0.15) is 11.3 Å². The minimum atomic E-state index is -0.232. The maximum Gasteiger partial charge on any atom is 0.175 e. The van der Waals surface area contributed by atoms with Gasteiger partial charge in [-0.1, -0.05) is 5.16 Å². The summed E-state index contributed by atoms with van der Waals surface area (Å²) >= 11 is 0. The van der Waals surface area contributed by atoms with E-state index < -0.39 is 0 Å². The number of aromatic nitrogens is 2. The van der Waals surface area contributed by atoms with Gasteiger partial charge in [0.1, 0.15) is 5.82 Å². The Morgan fingerprint density at radius 1 is 1.63 bits per heavy atom. The summed E-state index contributed by atoms with van der Waals surface area (Å²) in [6, 6.07) is 0. The molecule has 0 spiro atoms. The number of oxime groups is 1. The molecule has 106 valence electrons. The van der Waals surface area contributed by atoms with Crippen LogP contribution < -0.4 is 10.6 Å². The lowest BCUT2D eigenvalue weighted by molar-refractivity contribution is 0.00318. The fourth-order valence-corrected chi connectivity index (χ4v) is 2.38. The predicted molar refractivity (Wildman–Crippen MR) is 69.5 cm³/mol. The first-order valence-corrected chi connectivity index (χ1v) is 6.07. The highest BCUT2D eigenvalue weighted by atomic mass is 16.5. The van der Waals surface area contributed by atoms with Gasteiger partial charge in [0, 0.05) is 20.1 Å². The van der Waals surface area contributed by atoms with Crippen molar-refractivity contribution in [3.63, 3.8) is 0 Å². The quantitative estimate of drug-likeness (QED) is 0.282. The average Bonchev–Trinajstić information content (AvgIpc) is 2.72. The minimum Gasteiger partial charge on any atom is -0.409 e. The van der Waals surface area contributed by atoms with Crippen molar-refractivity contribution in [1.82, 2.24) is 9.78 Å². The molecule has 0 bridgehead atoms. The van der Waals surface area contributed by atoms with E-state index in [1.54, 1.807) is 18.7 Å². The van der Waals surface area contributed by atoms with Gasteiger partial charge >= 0.3 is 0 Å². The van der Waals surface area contributed by atoms with E-state index in [9.17, 15) is 5.11 Å². The van der Waals surface area contributed by atoms with E-state index >= 15 is 0 Å². The topological polar surface area (TPSA) is 109 Å². The Morgan fingerprint density at radius 3 is 3.00 bits per heavy atom. The van der Waals surface area contributed by atoms with Gasteiger partial charge in [0.2, 0.25) is 0 Å². The number of ether oxygens (including phenoxy) is 1. The fourth-order valence-electron chi connectivity index (χ4n) is 2.38. The van der Waals surface area contributed by atoms with Crippen LogP contribution in [0.2, 0.25) is 0 Å². The molecule has 0 aromatic carbocycles. The molecule has 0 radical (unpaired) electrons. The molecule has 19 heavy (non-hydrogen) atoms. The van der Waals surface area contributed by atoms with Crippen molar-refractivity contribution in [2.75, 3.05) is 31.2 Å². The molecule has 1 aliphatic rings. The van der Waals surface area contributed by atoms with Crippen LogP contribution in [-0.4, -0.2) is 58.3 Å². The number of hydrogen-bond donors (Lipinski definition) is 3. The van der Waals surface area contributed by atoms with Gasteiger partial charge in [-0.3, -0.25) is 4.68 Å². The van der Waals surface area contributed by atoms with Crippen molar-refractivity contribution in [2.45, 2.75) is 13.0 Å². The van der Waals surface area contributed by atoms with Gasteiger partial charge in [-0.25, -0.2) is 0 Å². The van der Waals surface area contributed by atoms with Crippen molar-refractivity contribution < 1.29 is 15.1 Å². The third-order valence-electron chi connectivity index (χ3n) is 3.20.